The predicted molar refractivity (Wildman–Crippen MR) is 565 cm³/mol. The van der Waals surface area contributed by atoms with Crippen LogP contribution < -0.4 is 39.3 Å². The van der Waals surface area contributed by atoms with Crippen LogP contribution in [0.25, 0.3) is 0 Å². The largest absolute Gasteiger partial charge is 0.391 e. The van der Waals surface area contributed by atoms with E-state index in [-0.39, 0.29) is 30.4 Å². The zero-order valence-corrected chi connectivity index (χ0v) is 86.0. The van der Waals surface area contributed by atoms with Crippen LogP contribution >= 0.6 is 0 Å². The minimum atomic E-state index is -3.83. The van der Waals surface area contributed by atoms with Gasteiger partial charge in [0.1, 0.15) is 5.82 Å². The van der Waals surface area contributed by atoms with Crippen LogP contribution in [0.5, 0.6) is 0 Å². The van der Waals surface area contributed by atoms with E-state index in [1.165, 1.54) is 45.6 Å². The molecule has 4 aliphatic rings. The van der Waals surface area contributed by atoms with Gasteiger partial charge in [-0.05, 0) is 245 Å². The van der Waals surface area contributed by atoms with Gasteiger partial charge in [-0.25, -0.2) is 62.5 Å². The van der Waals surface area contributed by atoms with Gasteiger partial charge in [0.05, 0.1) is 74.7 Å². The Morgan fingerprint density at radius 1 is 0.343 bits per heavy atom. The van der Waals surface area contributed by atoms with Gasteiger partial charge in [0.2, 0.25) is 46.0 Å². The lowest BCUT2D eigenvalue weighted by atomic mass is 9.86. The number of hydrogen-bond acceptors (Lipinski definition) is 18. The maximum Gasteiger partial charge on any atom is 0.241 e. The number of hydrogen-bond donors (Lipinski definition) is 10. The number of aromatic nitrogens is 3. The highest BCUT2D eigenvalue weighted by molar-refractivity contribution is 7.90. The topological polar surface area (TPSA) is 327 Å². The summed E-state index contributed by atoms with van der Waals surface area (Å²) in [6.45, 7) is 25.2. The van der Waals surface area contributed by atoms with E-state index in [4.69, 9.17) is 0 Å². The summed E-state index contributed by atoms with van der Waals surface area (Å²) in [5, 5.41) is 49.5. The molecule has 0 fully saturated rings. The Morgan fingerprint density at radius 2 is 0.629 bits per heavy atom. The molecule has 0 radical (unpaired) electrons. The second-order valence-corrected chi connectivity index (χ2v) is 46.1. The first-order valence-electron chi connectivity index (χ1n) is 48.8. The second-order valence-electron chi connectivity index (χ2n) is 39.3. The molecule has 23 nitrogen and oxygen atoms in total. The van der Waals surface area contributed by atoms with E-state index >= 15 is 0 Å². The average molecular weight is 2010 g/mol. The molecule has 2 heterocycles. The third-order valence-electron chi connectivity index (χ3n) is 27.0. The molecule has 28 heteroatoms. The lowest BCUT2D eigenvalue weighted by molar-refractivity contribution is 0.151. The minimum Gasteiger partial charge on any atom is -0.391 e. The third-order valence-corrected chi connectivity index (χ3v) is 32.9. The Kier molecular flexibility index (Phi) is 33.5. The highest BCUT2D eigenvalue weighted by Gasteiger charge is 2.40. The zero-order valence-electron chi connectivity index (χ0n) is 82.8. The van der Waals surface area contributed by atoms with Crippen LogP contribution in [-0.2, 0) is 149 Å². The molecule has 0 bridgehead atoms. The molecule has 0 saturated carbocycles. The molecule has 143 heavy (non-hydrogen) atoms. The van der Waals surface area contributed by atoms with Gasteiger partial charge in [-0.1, -0.05) is 257 Å². The molecular weight excluding hydrogens is 1870 g/mol. The highest BCUT2D eigenvalue weighted by atomic mass is 32.2. The monoisotopic (exact) mass is 2000 g/mol. The molecule has 748 valence electrons. The number of fused-ring (bicyclic) bond motifs is 4. The molecule has 0 aliphatic heterocycles. The summed E-state index contributed by atoms with van der Waals surface area (Å²) >= 11 is 0. The van der Waals surface area contributed by atoms with Crippen molar-refractivity contribution in [1.29, 1.82) is 0 Å². The summed E-state index contributed by atoms with van der Waals surface area (Å²) in [5.74, 6) is 0.359. The quantitative estimate of drug-likeness (QED) is 0.0175. The number of aliphatic hydroxyl groups is 4. The van der Waals surface area contributed by atoms with Gasteiger partial charge in [-0.2, -0.15) is 4.39 Å². The number of nitrogens with zero attached hydrogens (tertiary/aromatic N) is 5. The number of sulfonamides is 4. The zero-order chi connectivity index (χ0) is 102. The maximum atomic E-state index is 13.4. The van der Waals surface area contributed by atoms with Crippen molar-refractivity contribution in [1.82, 2.24) is 33.4 Å². The first-order chi connectivity index (χ1) is 68.3. The van der Waals surface area contributed by atoms with Gasteiger partial charge >= 0.3 is 0 Å². The van der Waals surface area contributed by atoms with Crippen LogP contribution in [-0.4, -0.2) is 93.0 Å². The van der Waals surface area contributed by atoms with E-state index in [1.54, 1.807) is 72.9 Å². The smallest absolute Gasteiger partial charge is 0.241 e. The minimum absolute atomic E-state index is 0.0776. The first kappa shape index (κ1) is 105. The summed E-state index contributed by atoms with van der Waals surface area (Å²) in [5.41, 5.74) is 23.1. The van der Waals surface area contributed by atoms with Gasteiger partial charge in [0.15, 0.2) is 0 Å². The average Bonchev–Trinajstić information content (AvgIpc) is 1.65. The lowest BCUT2D eigenvalue weighted by Gasteiger charge is -2.28. The van der Waals surface area contributed by atoms with Crippen molar-refractivity contribution < 1.29 is 58.5 Å². The molecule has 2 aromatic heterocycles. The van der Waals surface area contributed by atoms with Crippen LogP contribution in [0, 0.1) is 5.95 Å². The Hall–Kier alpha value is -12.4. The van der Waals surface area contributed by atoms with E-state index in [0.717, 1.165) is 127 Å². The standard InChI is InChI=1S/C39H48N2O3S.C31H32N2O3S.C23H24FN3O3S.C22H26N4O3S/c1-8-27-13-21-34(22-14-27)45(43,44)40-37-35-24-33(20-15-30(35)23-36(37)42)41(25-28-9-16-31(17-10-28)38(2,3)4)26-29-11-18-32(19-12-29)39(5,6)7;1-2-23-13-17-28(18-14-23)37(35,36)32-31-29-20-27(16-15-26(29)19-30(31)34)33(21-24-9-5-3-6-10-24)22-25-11-7-4-8-12-25;1-2-15-3-8-19(9-4-15)31(29,30)27-23-20-12-18(7-6-17(20)11-21(23)28)25-13-16-5-10-22(24)26-14-16;1-3-15-4-8-18(9-5-15)30(28,29)25-22-19-13-17(7-6-16(19)12-20(22)27)24-14-21-23-10-11-26(21)2/h9-22,24,36-37,40,42H,8,23,25-26H2,1-7H3;3-18,20,30-32,34H,2,19,21-22H2,1H3;3-10,12,14,21,23,25,27-28H,2,11,13H2,1H3;4-11,13,20,22,24-25,27H,3,12,14H2,1-2H3/t36-,37-;30-,31-;21-,23-;20-,22-/m1111/s1. The fraction of sp³-hybridized carbons (Fsp3) is 0.304. The number of anilines is 4. The van der Waals surface area contributed by atoms with Gasteiger partial charge in [0.25, 0.3) is 0 Å². The van der Waals surface area contributed by atoms with Crippen molar-refractivity contribution in [2.75, 3.05) is 20.4 Å². The van der Waals surface area contributed by atoms with Crippen molar-refractivity contribution in [3.8, 4) is 0 Å². The maximum absolute atomic E-state index is 13.4. The molecule has 14 aromatic rings. The Morgan fingerprint density at radius 3 is 0.916 bits per heavy atom. The molecule has 0 amide bonds. The number of imidazole rings is 1. The first-order valence-corrected chi connectivity index (χ1v) is 54.7. The number of aliphatic hydroxyl groups excluding tert-OH is 4. The van der Waals surface area contributed by atoms with Crippen molar-refractivity contribution in [2.45, 2.75) is 239 Å². The van der Waals surface area contributed by atoms with Crippen LogP contribution in [0.15, 0.2) is 329 Å². The lowest BCUT2D eigenvalue weighted by Crippen LogP contribution is -2.34. The van der Waals surface area contributed by atoms with Crippen LogP contribution in [0.2, 0.25) is 0 Å². The number of rotatable bonds is 32. The molecule has 0 saturated heterocycles. The fourth-order valence-corrected chi connectivity index (χ4v) is 23.4. The SMILES string of the molecule is CCc1ccc(S(=O)(=O)N[C@@H]2c3cc(N(Cc4ccc(C(C)(C)C)cc4)Cc4ccc(C(C)(C)C)cc4)ccc3C[C@H]2O)cc1.CCc1ccc(S(=O)(=O)N[C@@H]2c3cc(N(Cc4ccccc4)Cc4ccccc4)ccc3C[C@H]2O)cc1.CCc1ccc(S(=O)(=O)N[C@@H]2c3cc(NCc4ccc(F)nc4)ccc3C[C@H]2O)cc1.CCc1ccc(S(=O)(=O)N[C@@H]2c3cc(NCc4nccn4C)ccc3C[C@H]2O)cc1. The number of nitrogens with one attached hydrogen (secondary N) is 6. The van der Waals surface area contributed by atoms with Crippen LogP contribution in [0.4, 0.5) is 27.1 Å². The third kappa shape index (κ3) is 26.6. The normalized spacial score (nSPS) is 17.5. The number of halogens is 1. The summed E-state index contributed by atoms with van der Waals surface area (Å²) < 4.78 is 131. The van der Waals surface area contributed by atoms with Crippen LogP contribution in [0.1, 0.15) is 205 Å². The fourth-order valence-electron chi connectivity index (χ4n) is 18.4. The predicted octanol–water partition coefficient (Wildman–Crippen LogP) is 19.2. The summed E-state index contributed by atoms with van der Waals surface area (Å²) in [6, 6.07) is 89.5. The molecular formula is C115H130FN11O12S4. The van der Waals surface area contributed by atoms with Gasteiger partial charge < -0.3 is 45.4 Å². The molecule has 12 aromatic carbocycles. The number of pyridine rings is 1. The summed E-state index contributed by atoms with van der Waals surface area (Å²) in [4.78, 5) is 13.3. The number of aryl methyl sites for hydroxylation is 5. The van der Waals surface area contributed by atoms with E-state index in [0.29, 0.717) is 65.0 Å². The van der Waals surface area contributed by atoms with Crippen molar-refractivity contribution in [3.63, 3.8) is 0 Å². The molecule has 18 rings (SSSR count). The van der Waals surface area contributed by atoms with E-state index in [1.807, 2.05) is 173 Å². The van der Waals surface area contributed by atoms with E-state index < -0.39 is 94.6 Å². The van der Waals surface area contributed by atoms with Gasteiger partial charge in [-0.3, -0.25) is 0 Å². The Labute approximate surface area is 842 Å². The summed E-state index contributed by atoms with van der Waals surface area (Å²) in [6.07, 6.45) is 6.70. The van der Waals surface area contributed by atoms with Gasteiger partial charge in [0, 0.05) is 107 Å². The highest BCUT2D eigenvalue weighted by Crippen LogP contribution is 2.42. The van der Waals surface area contributed by atoms with E-state index in [9.17, 15) is 58.5 Å². The molecule has 4 aliphatic carbocycles. The van der Waals surface area contributed by atoms with Gasteiger partial charge in [-0.15, -0.1) is 0 Å². The van der Waals surface area contributed by atoms with Crippen LogP contribution in [0.3, 0.4) is 0 Å². The molecule has 8 atom stereocenters. The molecule has 0 spiro atoms. The Bertz CT molecular complexity index is 7070. The van der Waals surface area contributed by atoms with E-state index in [2.05, 4.69) is 182 Å². The molecule has 10 N–H and O–H groups in total. The van der Waals surface area contributed by atoms with Crippen molar-refractivity contribution in [3.05, 3.63) is 427 Å². The Balaban J connectivity index is 0.000000145. The summed E-state index contributed by atoms with van der Waals surface area (Å²) in [7, 11) is -13.2. The van der Waals surface area contributed by atoms with Crippen molar-refractivity contribution in [2.24, 2.45) is 7.05 Å². The van der Waals surface area contributed by atoms with Crippen molar-refractivity contribution >= 4 is 62.8 Å². The molecule has 0 unspecified atom stereocenters. The number of benzene rings is 12. The second kappa shape index (κ2) is 45.7.